The van der Waals surface area contributed by atoms with Gasteiger partial charge in [0.1, 0.15) is 6.10 Å². The van der Waals surface area contributed by atoms with E-state index in [-0.39, 0.29) is 28.4 Å². The van der Waals surface area contributed by atoms with Gasteiger partial charge >= 0.3 is 0 Å². The third-order valence-electron chi connectivity index (χ3n) is 2.64. The van der Waals surface area contributed by atoms with E-state index in [4.69, 9.17) is 5.26 Å². The van der Waals surface area contributed by atoms with Gasteiger partial charge in [0.15, 0.2) is 10.9 Å². The summed E-state index contributed by atoms with van der Waals surface area (Å²) in [6, 6.07) is 8.04. The molecule has 0 saturated heterocycles. The van der Waals surface area contributed by atoms with Crippen molar-refractivity contribution in [3.05, 3.63) is 35.4 Å². The third kappa shape index (κ3) is 4.46. The predicted molar refractivity (Wildman–Crippen MR) is 75.1 cm³/mol. The Labute approximate surface area is 121 Å². The summed E-state index contributed by atoms with van der Waals surface area (Å²) in [6.07, 6.45) is -2.73. The monoisotopic (exact) mass is 293 g/mol. The molecular weight excluding hydrogens is 278 g/mol. The Balaban J connectivity index is 2.92. The third-order valence-corrected chi connectivity index (χ3v) is 3.56. The molecule has 6 heteroatoms. The average molecular weight is 293 g/mol. The minimum absolute atomic E-state index is 0.0390. The van der Waals surface area contributed by atoms with Crippen molar-refractivity contribution >= 4 is 22.7 Å². The molecule has 2 atom stereocenters. The molecule has 0 saturated carbocycles. The van der Waals surface area contributed by atoms with Crippen LogP contribution in [0.25, 0.3) is 0 Å². The molecule has 0 aromatic heterocycles. The van der Waals surface area contributed by atoms with Crippen molar-refractivity contribution in [3.63, 3.8) is 0 Å². The Morgan fingerprint density at radius 1 is 1.35 bits per heavy atom. The highest BCUT2D eigenvalue weighted by Crippen LogP contribution is 2.24. The Morgan fingerprint density at radius 2 is 2.00 bits per heavy atom. The summed E-state index contributed by atoms with van der Waals surface area (Å²) in [5.41, 5.74) is 0.484. The maximum absolute atomic E-state index is 11.8. The van der Waals surface area contributed by atoms with Crippen LogP contribution in [0.4, 0.5) is 0 Å². The Bertz CT molecular complexity index is 538. The van der Waals surface area contributed by atoms with Crippen LogP contribution in [-0.2, 0) is 4.79 Å². The van der Waals surface area contributed by atoms with Crippen LogP contribution in [0.2, 0.25) is 0 Å². The lowest BCUT2D eigenvalue weighted by Gasteiger charge is -2.19. The van der Waals surface area contributed by atoms with Crippen LogP contribution in [0, 0.1) is 11.3 Å². The lowest BCUT2D eigenvalue weighted by molar-refractivity contribution is -0.109. The molecule has 0 fully saturated rings. The van der Waals surface area contributed by atoms with Gasteiger partial charge in [-0.3, -0.25) is 9.59 Å². The number of hydrogen-bond acceptors (Lipinski definition) is 6. The lowest BCUT2D eigenvalue weighted by Crippen LogP contribution is -2.23. The summed E-state index contributed by atoms with van der Waals surface area (Å²) in [4.78, 5) is 22.6. The molecule has 0 heterocycles. The molecule has 0 amide bonds. The number of hydrogen-bond donors (Lipinski definition) is 2. The van der Waals surface area contributed by atoms with E-state index in [1.807, 2.05) is 0 Å². The summed E-state index contributed by atoms with van der Waals surface area (Å²) in [6.45, 7) is 1.37. The van der Waals surface area contributed by atoms with Gasteiger partial charge in [0.05, 0.1) is 18.6 Å². The summed E-state index contributed by atoms with van der Waals surface area (Å²) in [5, 5.41) is 28.3. The number of ketones is 1. The number of aliphatic hydroxyl groups excluding tert-OH is 2. The van der Waals surface area contributed by atoms with Crippen LogP contribution in [0.5, 0.6) is 0 Å². The molecule has 0 aliphatic rings. The lowest BCUT2D eigenvalue weighted by atomic mass is 9.95. The Hall–Kier alpha value is -1.68. The number of thioether (sulfide) groups is 1. The predicted octanol–water partition coefficient (Wildman–Crippen LogP) is 1.46. The normalized spacial score (nSPS) is 13.3. The van der Waals surface area contributed by atoms with Crippen molar-refractivity contribution < 1.29 is 19.8 Å². The van der Waals surface area contributed by atoms with Gasteiger partial charge in [-0.15, -0.1) is 0 Å². The first-order valence-electron chi connectivity index (χ1n) is 5.96. The van der Waals surface area contributed by atoms with Gasteiger partial charge in [0.2, 0.25) is 0 Å². The zero-order chi connectivity index (χ0) is 15.1. The van der Waals surface area contributed by atoms with E-state index in [1.54, 1.807) is 18.2 Å². The SMILES string of the molecule is CC(=O)SCC(O)C(O)c1ccccc1C(=O)CC#N. The van der Waals surface area contributed by atoms with Crippen molar-refractivity contribution in [2.45, 2.75) is 25.6 Å². The molecule has 106 valence electrons. The van der Waals surface area contributed by atoms with E-state index in [0.29, 0.717) is 0 Å². The molecule has 2 N–H and O–H groups in total. The zero-order valence-electron chi connectivity index (χ0n) is 10.9. The molecule has 1 aromatic carbocycles. The molecule has 0 spiro atoms. The van der Waals surface area contributed by atoms with Gasteiger partial charge in [-0.25, -0.2) is 0 Å². The molecule has 20 heavy (non-hydrogen) atoms. The molecule has 0 aliphatic heterocycles. The van der Waals surface area contributed by atoms with Crippen molar-refractivity contribution in [2.75, 3.05) is 5.75 Å². The first-order valence-corrected chi connectivity index (χ1v) is 6.94. The van der Waals surface area contributed by atoms with Crippen LogP contribution < -0.4 is 0 Å². The fourth-order valence-corrected chi connectivity index (χ4v) is 2.26. The van der Waals surface area contributed by atoms with Crippen LogP contribution in [0.3, 0.4) is 0 Å². The van der Waals surface area contributed by atoms with E-state index in [9.17, 15) is 19.8 Å². The summed E-state index contributed by atoms with van der Waals surface area (Å²) in [5.74, 6) is -0.370. The van der Waals surface area contributed by atoms with Crippen LogP contribution in [-0.4, -0.2) is 33.0 Å². The van der Waals surface area contributed by atoms with Gasteiger partial charge in [-0.2, -0.15) is 5.26 Å². The minimum atomic E-state index is -1.28. The van der Waals surface area contributed by atoms with Gasteiger partial charge in [0, 0.05) is 18.2 Å². The zero-order valence-corrected chi connectivity index (χ0v) is 11.8. The van der Waals surface area contributed by atoms with Gasteiger partial charge in [0.25, 0.3) is 0 Å². The number of carbonyl (C=O) groups excluding carboxylic acids is 2. The number of carbonyl (C=O) groups is 2. The number of benzene rings is 1. The van der Waals surface area contributed by atoms with Crippen molar-refractivity contribution in [1.82, 2.24) is 0 Å². The number of Topliss-reactive ketones (excluding diaryl/α,β-unsaturated/α-hetero) is 1. The topological polar surface area (TPSA) is 98.4 Å². The maximum atomic E-state index is 11.8. The number of nitrogens with zero attached hydrogens (tertiary/aromatic N) is 1. The highest BCUT2D eigenvalue weighted by molar-refractivity contribution is 8.13. The molecule has 1 rings (SSSR count). The second kappa shape index (κ2) is 7.80. The van der Waals surface area contributed by atoms with Gasteiger partial charge in [-0.05, 0) is 5.56 Å². The average Bonchev–Trinajstić information content (AvgIpc) is 2.44. The van der Waals surface area contributed by atoms with E-state index in [0.717, 1.165) is 11.8 Å². The fraction of sp³-hybridized carbons (Fsp3) is 0.357. The van der Waals surface area contributed by atoms with E-state index >= 15 is 0 Å². The second-order valence-electron chi connectivity index (χ2n) is 4.16. The first-order chi connectivity index (χ1) is 9.47. The largest absolute Gasteiger partial charge is 0.389 e. The molecular formula is C14H15NO4S. The van der Waals surface area contributed by atoms with Crippen LogP contribution >= 0.6 is 11.8 Å². The first kappa shape index (κ1) is 16.4. The number of rotatable bonds is 6. The minimum Gasteiger partial charge on any atom is -0.389 e. The van der Waals surface area contributed by atoms with E-state index < -0.39 is 18.0 Å². The highest BCUT2D eigenvalue weighted by atomic mass is 32.2. The summed E-state index contributed by atoms with van der Waals surface area (Å²) in [7, 11) is 0. The van der Waals surface area contributed by atoms with Crippen LogP contribution in [0.15, 0.2) is 24.3 Å². The smallest absolute Gasteiger partial charge is 0.185 e. The Kier molecular flexibility index (Phi) is 6.39. The standard InChI is InChI=1S/C14H15NO4S/c1-9(16)20-8-13(18)14(19)11-5-3-2-4-10(11)12(17)6-7-15/h2-5,13-14,18-19H,6,8H2,1H3. The Morgan fingerprint density at radius 3 is 2.60 bits per heavy atom. The van der Waals surface area contributed by atoms with Crippen molar-refractivity contribution in [3.8, 4) is 6.07 Å². The summed E-state index contributed by atoms with van der Waals surface area (Å²) < 4.78 is 0. The fourth-order valence-electron chi connectivity index (χ4n) is 1.68. The molecule has 5 nitrogen and oxygen atoms in total. The number of nitriles is 1. The van der Waals surface area contributed by atoms with Crippen LogP contribution in [0.1, 0.15) is 35.4 Å². The molecule has 0 aliphatic carbocycles. The second-order valence-corrected chi connectivity index (χ2v) is 5.36. The van der Waals surface area contributed by atoms with E-state index in [2.05, 4.69) is 0 Å². The van der Waals surface area contributed by atoms with Crippen molar-refractivity contribution in [1.29, 1.82) is 5.26 Å². The highest BCUT2D eigenvalue weighted by Gasteiger charge is 2.23. The number of aliphatic hydroxyl groups is 2. The van der Waals surface area contributed by atoms with E-state index in [1.165, 1.54) is 19.1 Å². The maximum Gasteiger partial charge on any atom is 0.185 e. The van der Waals surface area contributed by atoms with Gasteiger partial charge in [-0.1, -0.05) is 36.0 Å². The summed E-state index contributed by atoms with van der Waals surface area (Å²) >= 11 is 0.901. The molecule has 2 unspecified atom stereocenters. The molecule has 0 radical (unpaired) electrons. The molecule has 0 bridgehead atoms. The van der Waals surface area contributed by atoms with Crippen molar-refractivity contribution in [2.24, 2.45) is 0 Å². The van der Waals surface area contributed by atoms with Gasteiger partial charge < -0.3 is 10.2 Å². The quantitative estimate of drug-likeness (QED) is 0.770. The molecule has 1 aromatic rings.